The van der Waals surface area contributed by atoms with Gasteiger partial charge in [0, 0.05) is 76.4 Å². The van der Waals surface area contributed by atoms with Gasteiger partial charge in [-0.3, -0.25) is 9.97 Å². The van der Waals surface area contributed by atoms with E-state index in [-0.39, 0.29) is 51.0 Å². The Hall–Kier alpha value is -8.86. The van der Waals surface area contributed by atoms with Gasteiger partial charge < -0.3 is 9.13 Å². The van der Waals surface area contributed by atoms with Crippen molar-refractivity contribution in [2.24, 2.45) is 0 Å². The molecule has 92 heavy (non-hydrogen) atoms. The van der Waals surface area contributed by atoms with Crippen LogP contribution in [0.4, 0.5) is 0 Å². The van der Waals surface area contributed by atoms with E-state index in [1.165, 1.54) is 123 Å². The fourth-order valence-electron chi connectivity index (χ4n) is 12.8. The maximum atomic E-state index is 4.84. The number of aryl methyl sites for hydroxylation is 4. The summed E-state index contributed by atoms with van der Waals surface area (Å²) >= 11 is 0. The molecule has 0 saturated carbocycles. The van der Waals surface area contributed by atoms with Crippen molar-refractivity contribution in [2.45, 2.75) is 93.9 Å². The summed E-state index contributed by atoms with van der Waals surface area (Å²) in [7, 11) is 0. The molecule has 462 valence electrons. The predicted octanol–water partition coefficient (Wildman–Crippen LogP) is 22.8. The van der Waals surface area contributed by atoms with Crippen LogP contribution in [0.5, 0.6) is 0 Å². The third-order valence-electron chi connectivity index (χ3n) is 17.7. The van der Waals surface area contributed by atoms with E-state index < -0.39 is 0 Å². The van der Waals surface area contributed by atoms with Crippen molar-refractivity contribution in [2.75, 3.05) is 0 Å². The molecule has 0 aliphatic rings. The van der Waals surface area contributed by atoms with Gasteiger partial charge in [-0.25, -0.2) is 0 Å². The molecule has 0 atom stereocenters. The fraction of sp³-hybridized carbons (Fsp3) is 0.163. The summed E-state index contributed by atoms with van der Waals surface area (Å²) in [6.45, 7) is 26.8. The molecule has 0 unspecified atom stereocenters. The molecule has 0 aliphatic heterocycles. The normalized spacial score (nSPS) is 11.3. The van der Waals surface area contributed by atoms with Crippen LogP contribution in [0.3, 0.4) is 0 Å². The van der Waals surface area contributed by atoms with E-state index in [9.17, 15) is 0 Å². The molecule has 4 nitrogen and oxygen atoms in total. The van der Waals surface area contributed by atoms with E-state index in [1.807, 2.05) is 24.7 Å². The molecule has 0 spiro atoms. The first-order chi connectivity index (χ1) is 43.4. The molecule has 2 aromatic heterocycles. The molecule has 0 bridgehead atoms. The van der Waals surface area contributed by atoms with Crippen molar-refractivity contribution >= 4 is 0 Å². The van der Waals surface area contributed by atoms with Gasteiger partial charge in [0.25, 0.3) is 0 Å². The van der Waals surface area contributed by atoms with E-state index in [0.717, 1.165) is 33.9 Å². The average Bonchev–Trinajstić information content (AvgIpc) is 0.853. The van der Waals surface area contributed by atoms with Crippen LogP contribution in [0.25, 0.3) is 112 Å². The zero-order valence-electron chi connectivity index (χ0n) is 54.7. The minimum absolute atomic E-state index is 0. The van der Waals surface area contributed by atoms with Crippen LogP contribution in [-0.4, -0.2) is 19.1 Å². The molecule has 13 aromatic rings. The molecule has 2 heterocycles. The minimum atomic E-state index is 0. The molecular formula is C86H78Ir2N4-2. The van der Waals surface area contributed by atoms with Crippen LogP contribution < -0.4 is 0 Å². The van der Waals surface area contributed by atoms with Crippen LogP contribution in [-0.2, 0) is 51.0 Å². The fourth-order valence-corrected chi connectivity index (χ4v) is 12.8. The molecule has 0 aliphatic carbocycles. The molecule has 2 radical (unpaired) electrons. The number of rotatable bonds is 11. The van der Waals surface area contributed by atoms with Crippen molar-refractivity contribution < 1.29 is 40.2 Å². The van der Waals surface area contributed by atoms with Gasteiger partial charge in [-0.1, -0.05) is 205 Å². The molecule has 6 heteroatoms. The van der Waals surface area contributed by atoms with Crippen LogP contribution >= 0.6 is 0 Å². The van der Waals surface area contributed by atoms with Crippen LogP contribution in [0.1, 0.15) is 86.1 Å². The summed E-state index contributed by atoms with van der Waals surface area (Å²) in [5.74, 6) is 1.78. The van der Waals surface area contributed by atoms with Crippen LogP contribution in [0.2, 0.25) is 0 Å². The van der Waals surface area contributed by atoms with E-state index in [1.54, 1.807) is 0 Å². The van der Waals surface area contributed by atoms with Gasteiger partial charge >= 0.3 is 0 Å². The van der Waals surface area contributed by atoms with Gasteiger partial charge in [0.05, 0.1) is 11.6 Å². The summed E-state index contributed by atoms with van der Waals surface area (Å²) in [6.07, 6.45) is 7.85. The number of hydrogen-bond donors (Lipinski definition) is 0. The zero-order chi connectivity index (χ0) is 62.8. The second-order valence-electron chi connectivity index (χ2n) is 26.1. The summed E-state index contributed by atoms with van der Waals surface area (Å²) in [6, 6.07) is 90.3. The standard InChI is InChI=1S/C45H47N2.C41H31N2.2Ir/c1-29-13-11-14-30(2)42(29)47-26-25-46-43(47)36-16-12-15-35(27-36)41-31(3)39(33-17-21-37(22-18-33)44(5,6)7)28-40(32(41)4)34-19-23-38(24-20-34)45(8,9)10;1-29-12-9-13-30(2)40(29)43-23-22-42-41(43)36-21-11-19-34(25-36)33-18-10-20-35(24-33)39-27-37(31-14-5-3-6-15-31)26-38(28-39)32-16-7-4-8-17-32;;/h11-15,17-28H,1-10H3;3-20,22-28H,1-2H3;;/q2*-1;;. The third kappa shape index (κ3) is 14.0. The number of aromatic nitrogens is 4. The Labute approximate surface area is 572 Å². The monoisotopic (exact) mass is 1550 g/mol. The molecular weight excluding hydrogens is 1470 g/mol. The number of benzene rings is 11. The van der Waals surface area contributed by atoms with Gasteiger partial charge in [-0.05, 0) is 194 Å². The van der Waals surface area contributed by atoms with Crippen LogP contribution in [0, 0.1) is 53.7 Å². The number of para-hydroxylation sites is 2. The van der Waals surface area contributed by atoms with Crippen molar-refractivity contribution in [3.8, 4) is 112 Å². The quantitative estimate of drug-likeness (QED) is 0.121. The Morgan fingerprint density at radius 3 is 1.07 bits per heavy atom. The first kappa shape index (κ1) is 66.1. The van der Waals surface area contributed by atoms with Crippen molar-refractivity contribution in [3.05, 3.63) is 312 Å². The Bertz CT molecular complexity index is 4530. The summed E-state index contributed by atoms with van der Waals surface area (Å²) in [5.41, 5.74) is 31.5. The second-order valence-corrected chi connectivity index (χ2v) is 26.1. The second kappa shape index (κ2) is 27.9. The van der Waals surface area contributed by atoms with Gasteiger partial charge in [0.1, 0.15) is 0 Å². The largest absolute Gasteiger partial charge is 0.340 e. The summed E-state index contributed by atoms with van der Waals surface area (Å²) in [5, 5.41) is 0. The SMILES string of the molecule is Cc1cccc(C)c1-n1ccnc1-c1[c-]ccc(-c2c(C)c(-c3ccc(C(C)(C)C)cc3)cc(-c3ccc(C(C)(C)C)cc3)c2C)c1.Cc1cccc(C)c1-n1ccnc1-c1[c-]ccc(-c2cccc(-c3cc(-c4ccccc4)cc(-c4ccccc4)c3)c2)c1.[Ir].[Ir]. The Morgan fingerprint density at radius 2 is 0.652 bits per heavy atom. The maximum Gasteiger partial charge on any atom is 0.0603 e. The van der Waals surface area contributed by atoms with Crippen molar-refractivity contribution in [3.63, 3.8) is 0 Å². The van der Waals surface area contributed by atoms with E-state index in [0.29, 0.717) is 0 Å². The van der Waals surface area contributed by atoms with Gasteiger partial charge in [-0.2, -0.15) is 0 Å². The third-order valence-corrected chi connectivity index (χ3v) is 17.7. The maximum absolute atomic E-state index is 4.84. The number of hydrogen-bond acceptors (Lipinski definition) is 2. The minimum Gasteiger partial charge on any atom is -0.340 e. The topological polar surface area (TPSA) is 35.6 Å². The predicted molar refractivity (Wildman–Crippen MR) is 380 cm³/mol. The van der Waals surface area contributed by atoms with Crippen molar-refractivity contribution in [1.82, 2.24) is 19.1 Å². The van der Waals surface area contributed by atoms with E-state index in [4.69, 9.17) is 9.97 Å². The van der Waals surface area contributed by atoms with E-state index >= 15 is 0 Å². The Balaban J connectivity index is 0.000000198. The molecule has 0 N–H and O–H groups in total. The summed E-state index contributed by atoms with van der Waals surface area (Å²) in [4.78, 5) is 9.60. The Kier molecular flexibility index (Phi) is 20.1. The van der Waals surface area contributed by atoms with Gasteiger partial charge in [-0.15, -0.1) is 70.8 Å². The Morgan fingerprint density at radius 1 is 0.315 bits per heavy atom. The first-order valence-corrected chi connectivity index (χ1v) is 31.4. The summed E-state index contributed by atoms with van der Waals surface area (Å²) < 4.78 is 4.38. The average molecular weight is 1550 g/mol. The van der Waals surface area contributed by atoms with Crippen LogP contribution in [0.15, 0.2) is 255 Å². The molecule has 13 rings (SSSR count). The first-order valence-electron chi connectivity index (χ1n) is 31.4. The van der Waals surface area contributed by atoms with Crippen molar-refractivity contribution in [1.29, 1.82) is 0 Å². The number of nitrogens with zero attached hydrogens (tertiary/aromatic N) is 4. The smallest absolute Gasteiger partial charge is 0.0603 e. The molecule has 0 amide bonds. The molecule has 0 saturated heterocycles. The molecule has 11 aromatic carbocycles. The number of imidazole rings is 2. The zero-order valence-corrected chi connectivity index (χ0v) is 59.5. The van der Waals surface area contributed by atoms with Gasteiger partial charge in [0.2, 0.25) is 0 Å². The van der Waals surface area contributed by atoms with E-state index in [2.05, 4.69) is 335 Å². The molecule has 0 fully saturated rings. The van der Waals surface area contributed by atoms with Gasteiger partial charge in [0.15, 0.2) is 0 Å².